The van der Waals surface area contributed by atoms with Crippen molar-refractivity contribution in [3.05, 3.63) is 23.0 Å². The standard InChI is InChI=1S/C16H20ClNO5S/c1-16(2,3)15-18-10-6-5-9(17)14(13(10)23-15)24(19,20)12-8-22-7-11(12)21-4/h5-6,11-12H,7-8H2,1-4H3/t11-,12?/m1/s1. The van der Waals surface area contributed by atoms with Crippen molar-refractivity contribution in [1.29, 1.82) is 0 Å². The van der Waals surface area contributed by atoms with Gasteiger partial charge in [-0.2, -0.15) is 0 Å². The highest BCUT2D eigenvalue weighted by molar-refractivity contribution is 7.92. The van der Waals surface area contributed by atoms with Gasteiger partial charge in [0.1, 0.15) is 15.7 Å². The third-order valence-electron chi connectivity index (χ3n) is 4.07. The molecule has 0 radical (unpaired) electrons. The zero-order valence-electron chi connectivity index (χ0n) is 14.0. The van der Waals surface area contributed by atoms with E-state index in [-0.39, 0.29) is 34.1 Å². The molecule has 1 fully saturated rings. The first-order valence-electron chi connectivity index (χ1n) is 7.60. The predicted molar refractivity (Wildman–Crippen MR) is 90.3 cm³/mol. The van der Waals surface area contributed by atoms with Crippen LogP contribution in [0.5, 0.6) is 0 Å². The molecule has 1 aromatic carbocycles. The number of sulfone groups is 1. The SMILES string of the molecule is CO[C@@H]1COCC1S(=O)(=O)c1c(Cl)ccc2nc(C(C)(C)C)oc12. The van der Waals surface area contributed by atoms with Gasteiger partial charge in [0.05, 0.1) is 24.3 Å². The maximum atomic E-state index is 13.2. The molecule has 1 aliphatic heterocycles. The average molecular weight is 374 g/mol. The lowest BCUT2D eigenvalue weighted by atomic mass is 9.97. The fourth-order valence-electron chi connectivity index (χ4n) is 2.71. The molecule has 0 spiro atoms. The molecular weight excluding hydrogens is 354 g/mol. The highest BCUT2D eigenvalue weighted by Crippen LogP contribution is 2.37. The van der Waals surface area contributed by atoms with Gasteiger partial charge in [0, 0.05) is 12.5 Å². The third-order valence-corrected chi connectivity index (χ3v) is 6.71. The van der Waals surface area contributed by atoms with E-state index >= 15 is 0 Å². The molecule has 2 heterocycles. The Morgan fingerprint density at radius 1 is 1.29 bits per heavy atom. The Hall–Kier alpha value is -1.15. The number of halogens is 1. The molecule has 3 rings (SSSR count). The van der Waals surface area contributed by atoms with Gasteiger partial charge in [-0.3, -0.25) is 0 Å². The van der Waals surface area contributed by atoms with Gasteiger partial charge in [-0.1, -0.05) is 32.4 Å². The number of nitrogens with zero attached hydrogens (tertiary/aromatic N) is 1. The van der Waals surface area contributed by atoms with Gasteiger partial charge in [-0.05, 0) is 12.1 Å². The Labute approximate surface area is 146 Å². The number of aromatic nitrogens is 1. The lowest BCUT2D eigenvalue weighted by Gasteiger charge is -2.17. The Kier molecular flexibility index (Phi) is 4.40. The first-order chi connectivity index (χ1) is 11.2. The highest BCUT2D eigenvalue weighted by atomic mass is 35.5. The van der Waals surface area contributed by atoms with Crippen LogP contribution >= 0.6 is 11.6 Å². The lowest BCUT2D eigenvalue weighted by Crippen LogP contribution is -2.34. The average Bonchev–Trinajstić information content (AvgIpc) is 3.12. The molecule has 0 bridgehead atoms. The minimum Gasteiger partial charge on any atom is -0.439 e. The maximum absolute atomic E-state index is 13.2. The van der Waals surface area contributed by atoms with Gasteiger partial charge in [0.25, 0.3) is 0 Å². The summed E-state index contributed by atoms with van der Waals surface area (Å²) in [5.74, 6) is 0.460. The monoisotopic (exact) mass is 373 g/mol. The second kappa shape index (κ2) is 5.98. The molecule has 8 heteroatoms. The summed E-state index contributed by atoms with van der Waals surface area (Å²) in [5.41, 5.74) is 0.308. The highest BCUT2D eigenvalue weighted by Gasteiger charge is 2.42. The summed E-state index contributed by atoms with van der Waals surface area (Å²) in [4.78, 5) is 4.37. The summed E-state index contributed by atoms with van der Waals surface area (Å²) in [6.07, 6.45) is -0.536. The van der Waals surface area contributed by atoms with E-state index in [1.54, 1.807) is 6.07 Å². The van der Waals surface area contributed by atoms with Crippen molar-refractivity contribution in [3.63, 3.8) is 0 Å². The summed E-state index contributed by atoms with van der Waals surface area (Å²) >= 11 is 6.23. The zero-order chi connectivity index (χ0) is 17.7. The van der Waals surface area contributed by atoms with E-state index in [2.05, 4.69) is 4.98 Å². The molecule has 1 saturated heterocycles. The molecule has 2 aromatic rings. The smallest absolute Gasteiger partial charge is 0.200 e. The normalized spacial score (nSPS) is 22.4. The molecule has 0 saturated carbocycles. The molecule has 2 atom stereocenters. The van der Waals surface area contributed by atoms with Crippen LogP contribution in [0.1, 0.15) is 26.7 Å². The predicted octanol–water partition coefficient (Wildman–Crippen LogP) is 2.97. The minimum absolute atomic E-state index is 0.0396. The topological polar surface area (TPSA) is 78.6 Å². The van der Waals surface area contributed by atoms with E-state index in [4.69, 9.17) is 25.5 Å². The Bertz CT molecular complexity index is 868. The van der Waals surface area contributed by atoms with Crippen molar-refractivity contribution in [3.8, 4) is 0 Å². The van der Waals surface area contributed by atoms with Crippen LogP contribution in [0.4, 0.5) is 0 Å². The van der Waals surface area contributed by atoms with Crippen molar-refractivity contribution in [2.45, 2.75) is 42.4 Å². The van der Waals surface area contributed by atoms with E-state index in [0.29, 0.717) is 11.4 Å². The number of fused-ring (bicyclic) bond motifs is 1. The van der Waals surface area contributed by atoms with Gasteiger partial charge in [0.2, 0.25) is 5.89 Å². The van der Waals surface area contributed by atoms with E-state index in [0.717, 1.165) is 0 Å². The zero-order valence-corrected chi connectivity index (χ0v) is 15.6. The molecule has 24 heavy (non-hydrogen) atoms. The Balaban J connectivity index is 2.21. The first kappa shape index (κ1) is 17.7. The number of rotatable bonds is 3. The number of benzene rings is 1. The fraction of sp³-hybridized carbons (Fsp3) is 0.562. The van der Waals surface area contributed by atoms with Crippen LogP contribution in [-0.4, -0.2) is 45.1 Å². The maximum Gasteiger partial charge on any atom is 0.200 e. The summed E-state index contributed by atoms with van der Waals surface area (Å²) in [6, 6.07) is 3.19. The molecule has 0 aliphatic carbocycles. The molecule has 132 valence electrons. The molecule has 1 aliphatic rings. The van der Waals surface area contributed by atoms with Crippen LogP contribution in [0.15, 0.2) is 21.4 Å². The van der Waals surface area contributed by atoms with Gasteiger partial charge in [-0.15, -0.1) is 0 Å². The van der Waals surface area contributed by atoms with Crippen molar-refractivity contribution in [2.24, 2.45) is 0 Å². The van der Waals surface area contributed by atoms with Crippen molar-refractivity contribution < 1.29 is 22.3 Å². The number of methoxy groups -OCH3 is 1. The fourth-order valence-corrected chi connectivity index (χ4v) is 5.09. The van der Waals surface area contributed by atoms with E-state index in [1.165, 1.54) is 13.2 Å². The van der Waals surface area contributed by atoms with Crippen LogP contribution in [0.2, 0.25) is 5.02 Å². The lowest BCUT2D eigenvalue weighted by molar-refractivity contribution is 0.0829. The minimum atomic E-state index is -3.81. The Morgan fingerprint density at radius 3 is 2.62 bits per heavy atom. The number of hydrogen-bond acceptors (Lipinski definition) is 6. The summed E-state index contributed by atoms with van der Waals surface area (Å²) in [7, 11) is -2.34. The Morgan fingerprint density at radius 2 is 2.00 bits per heavy atom. The summed E-state index contributed by atoms with van der Waals surface area (Å²) in [5, 5.41) is -0.713. The quantitative estimate of drug-likeness (QED) is 0.823. The number of hydrogen-bond donors (Lipinski definition) is 0. The van der Waals surface area contributed by atoms with Crippen LogP contribution < -0.4 is 0 Å². The summed E-state index contributed by atoms with van der Waals surface area (Å²) < 4.78 is 42.7. The molecular formula is C16H20ClNO5S. The molecule has 0 N–H and O–H groups in total. The first-order valence-corrected chi connectivity index (χ1v) is 9.52. The van der Waals surface area contributed by atoms with Crippen LogP contribution in [-0.2, 0) is 24.7 Å². The van der Waals surface area contributed by atoms with E-state index in [9.17, 15) is 8.42 Å². The third kappa shape index (κ3) is 2.83. The van der Waals surface area contributed by atoms with E-state index < -0.39 is 21.2 Å². The summed E-state index contributed by atoms with van der Waals surface area (Å²) in [6.45, 7) is 6.13. The van der Waals surface area contributed by atoms with Gasteiger partial charge < -0.3 is 13.9 Å². The molecule has 1 unspecified atom stereocenters. The molecule has 1 aromatic heterocycles. The van der Waals surface area contributed by atoms with Crippen LogP contribution in [0.3, 0.4) is 0 Å². The molecule has 0 amide bonds. The van der Waals surface area contributed by atoms with Crippen molar-refractivity contribution >= 4 is 32.5 Å². The van der Waals surface area contributed by atoms with Crippen LogP contribution in [0, 0.1) is 0 Å². The largest absolute Gasteiger partial charge is 0.439 e. The number of ether oxygens (including phenoxy) is 2. The van der Waals surface area contributed by atoms with Crippen molar-refractivity contribution in [1.82, 2.24) is 4.98 Å². The van der Waals surface area contributed by atoms with Crippen LogP contribution in [0.25, 0.3) is 11.1 Å². The van der Waals surface area contributed by atoms with E-state index in [1.807, 2.05) is 20.8 Å². The van der Waals surface area contributed by atoms with Gasteiger partial charge >= 0.3 is 0 Å². The second-order valence-electron chi connectivity index (χ2n) is 6.89. The van der Waals surface area contributed by atoms with Crippen molar-refractivity contribution in [2.75, 3.05) is 20.3 Å². The second-order valence-corrected chi connectivity index (χ2v) is 9.40. The van der Waals surface area contributed by atoms with Gasteiger partial charge in [-0.25, -0.2) is 13.4 Å². The van der Waals surface area contributed by atoms with Gasteiger partial charge in [0.15, 0.2) is 15.4 Å². The number of oxazole rings is 1. The molecule has 6 nitrogen and oxygen atoms in total.